The molecule has 0 fully saturated rings. The molecule has 0 aliphatic heterocycles. The highest BCUT2D eigenvalue weighted by molar-refractivity contribution is 7.92. The molecule has 1 amide bonds. The van der Waals surface area contributed by atoms with Crippen molar-refractivity contribution in [3.63, 3.8) is 0 Å². The molecule has 0 aromatic heterocycles. The summed E-state index contributed by atoms with van der Waals surface area (Å²) in [5, 5.41) is 11.7. The van der Waals surface area contributed by atoms with Crippen LogP contribution in [0.5, 0.6) is 11.5 Å². The van der Waals surface area contributed by atoms with Crippen LogP contribution in [0.4, 0.5) is 5.69 Å². The number of nitrogens with one attached hydrogen (secondary N) is 1. The van der Waals surface area contributed by atoms with E-state index in [0.717, 1.165) is 16.1 Å². The first-order valence-corrected chi connectivity index (χ1v) is 10.1. The number of rotatable bonds is 8. The molecule has 28 heavy (non-hydrogen) atoms. The van der Waals surface area contributed by atoms with Gasteiger partial charge in [-0.15, -0.1) is 0 Å². The molecule has 0 spiro atoms. The van der Waals surface area contributed by atoms with Crippen molar-refractivity contribution in [1.82, 2.24) is 5.32 Å². The molecule has 2 aromatic rings. The third-order valence-electron chi connectivity index (χ3n) is 3.89. The highest BCUT2D eigenvalue weighted by atomic mass is 32.2. The lowest BCUT2D eigenvalue weighted by atomic mass is 10.2. The van der Waals surface area contributed by atoms with Gasteiger partial charge in [-0.25, -0.2) is 8.42 Å². The summed E-state index contributed by atoms with van der Waals surface area (Å²) in [5.41, 5.74) is 1.32. The number of hydrogen-bond acceptors (Lipinski definition) is 6. The maximum Gasteiger partial charge on any atom is 0.241 e. The summed E-state index contributed by atoms with van der Waals surface area (Å²) in [4.78, 5) is 12.3. The fourth-order valence-electron chi connectivity index (χ4n) is 2.51. The second-order valence-corrected chi connectivity index (χ2v) is 7.80. The lowest BCUT2D eigenvalue weighted by molar-refractivity contribution is -0.119. The smallest absolute Gasteiger partial charge is 0.241 e. The number of benzene rings is 2. The molecule has 0 aliphatic rings. The van der Waals surface area contributed by atoms with Crippen LogP contribution in [0.15, 0.2) is 42.5 Å². The third-order valence-corrected chi connectivity index (χ3v) is 5.03. The number of hydrogen-bond donors (Lipinski definition) is 1. The van der Waals surface area contributed by atoms with Crippen LogP contribution in [-0.4, -0.2) is 41.3 Å². The largest absolute Gasteiger partial charge is 0.493 e. The Morgan fingerprint density at radius 2 is 1.86 bits per heavy atom. The predicted molar refractivity (Wildman–Crippen MR) is 105 cm³/mol. The van der Waals surface area contributed by atoms with E-state index in [9.17, 15) is 13.2 Å². The van der Waals surface area contributed by atoms with Crippen LogP contribution in [0, 0.1) is 11.3 Å². The fraction of sp³-hybridized carbons (Fsp3) is 0.263. The van der Waals surface area contributed by atoms with Gasteiger partial charge in [0.1, 0.15) is 6.54 Å². The molecule has 0 aliphatic carbocycles. The second-order valence-electron chi connectivity index (χ2n) is 5.90. The number of methoxy groups -OCH3 is 2. The van der Waals surface area contributed by atoms with Gasteiger partial charge in [0.25, 0.3) is 0 Å². The first-order valence-electron chi connectivity index (χ1n) is 8.24. The molecular weight excluding hydrogens is 382 g/mol. The number of nitrogens with zero attached hydrogens (tertiary/aromatic N) is 2. The van der Waals surface area contributed by atoms with E-state index in [1.807, 2.05) is 6.07 Å². The molecule has 8 nitrogen and oxygen atoms in total. The van der Waals surface area contributed by atoms with Crippen molar-refractivity contribution in [2.75, 3.05) is 31.3 Å². The Bertz CT molecular complexity index is 999. The van der Waals surface area contributed by atoms with E-state index >= 15 is 0 Å². The summed E-state index contributed by atoms with van der Waals surface area (Å²) in [5.74, 6) is 0.612. The van der Waals surface area contributed by atoms with Gasteiger partial charge >= 0.3 is 0 Å². The van der Waals surface area contributed by atoms with Crippen molar-refractivity contribution in [3.05, 3.63) is 53.6 Å². The van der Waals surface area contributed by atoms with Crippen molar-refractivity contribution in [3.8, 4) is 17.6 Å². The number of ether oxygens (including phenoxy) is 2. The van der Waals surface area contributed by atoms with Crippen LogP contribution in [0.25, 0.3) is 0 Å². The second kappa shape index (κ2) is 9.10. The van der Waals surface area contributed by atoms with E-state index in [1.165, 1.54) is 26.4 Å². The zero-order valence-electron chi connectivity index (χ0n) is 15.8. The minimum atomic E-state index is -3.71. The van der Waals surface area contributed by atoms with Gasteiger partial charge in [-0.2, -0.15) is 5.26 Å². The Labute approximate surface area is 164 Å². The molecular formula is C19H21N3O5S. The first kappa shape index (κ1) is 21.1. The van der Waals surface area contributed by atoms with Crippen molar-refractivity contribution in [2.45, 2.75) is 6.54 Å². The minimum Gasteiger partial charge on any atom is -0.493 e. The summed E-state index contributed by atoms with van der Waals surface area (Å²) in [6.07, 6.45) is 1.01. The Morgan fingerprint density at radius 1 is 1.14 bits per heavy atom. The molecule has 0 heterocycles. The van der Waals surface area contributed by atoms with Gasteiger partial charge in [0, 0.05) is 6.54 Å². The number of amides is 1. The summed E-state index contributed by atoms with van der Waals surface area (Å²) < 4.78 is 35.6. The van der Waals surface area contributed by atoms with Gasteiger partial charge in [0.2, 0.25) is 15.9 Å². The highest BCUT2D eigenvalue weighted by Gasteiger charge is 2.21. The predicted octanol–water partition coefficient (Wildman–Crippen LogP) is 1.66. The molecule has 0 radical (unpaired) electrons. The maximum absolute atomic E-state index is 12.3. The van der Waals surface area contributed by atoms with Crippen molar-refractivity contribution >= 4 is 21.6 Å². The SMILES string of the molecule is COc1ccc(CNC(=O)CN(c2cccc(C#N)c2)S(C)(=O)=O)cc1OC. The summed E-state index contributed by atoms with van der Waals surface area (Å²) in [7, 11) is -0.672. The van der Waals surface area contributed by atoms with Gasteiger partial charge in [0.05, 0.1) is 37.8 Å². The van der Waals surface area contributed by atoms with Crippen LogP contribution in [0.1, 0.15) is 11.1 Å². The van der Waals surface area contributed by atoms with Crippen molar-refractivity contribution < 1.29 is 22.7 Å². The quantitative estimate of drug-likeness (QED) is 0.718. The van der Waals surface area contributed by atoms with E-state index in [-0.39, 0.29) is 12.2 Å². The zero-order chi connectivity index (χ0) is 20.7. The summed E-state index contributed by atoms with van der Waals surface area (Å²) in [6.45, 7) is -0.212. The van der Waals surface area contributed by atoms with Crippen molar-refractivity contribution in [2.24, 2.45) is 0 Å². The Hall–Kier alpha value is -3.25. The monoisotopic (exact) mass is 403 g/mol. The van der Waals surface area contributed by atoms with Crippen molar-refractivity contribution in [1.29, 1.82) is 5.26 Å². The van der Waals surface area contributed by atoms with E-state index in [4.69, 9.17) is 14.7 Å². The molecule has 2 rings (SSSR count). The molecule has 0 bridgehead atoms. The van der Waals surface area contributed by atoms with Gasteiger partial charge in [-0.05, 0) is 35.9 Å². The van der Waals surface area contributed by atoms with Crippen LogP contribution in [-0.2, 0) is 21.4 Å². The standard InChI is InChI=1S/C19H21N3O5S/c1-26-17-8-7-15(10-18(17)27-2)12-21-19(23)13-22(28(3,24)25)16-6-4-5-14(9-16)11-20/h4-10H,12-13H2,1-3H3,(H,21,23). The zero-order valence-corrected chi connectivity index (χ0v) is 16.6. The first-order chi connectivity index (χ1) is 13.3. The summed E-state index contributed by atoms with van der Waals surface area (Å²) >= 11 is 0. The molecule has 2 aromatic carbocycles. The van der Waals surface area contributed by atoms with E-state index in [0.29, 0.717) is 17.1 Å². The Morgan fingerprint density at radius 3 is 2.46 bits per heavy atom. The minimum absolute atomic E-state index is 0.190. The number of anilines is 1. The molecule has 1 N–H and O–H groups in total. The number of sulfonamides is 1. The summed E-state index contributed by atoms with van der Waals surface area (Å²) in [6, 6.07) is 13.2. The average Bonchev–Trinajstić information content (AvgIpc) is 2.69. The van der Waals surface area contributed by atoms with Crippen LogP contribution in [0.3, 0.4) is 0 Å². The van der Waals surface area contributed by atoms with Gasteiger partial charge in [0.15, 0.2) is 11.5 Å². The van der Waals surface area contributed by atoms with E-state index in [1.54, 1.807) is 30.3 Å². The number of nitriles is 1. The van der Waals surface area contributed by atoms with Gasteiger partial charge in [-0.3, -0.25) is 9.10 Å². The fourth-order valence-corrected chi connectivity index (χ4v) is 3.36. The maximum atomic E-state index is 12.3. The molecule has 0 unspecified atom stereocenters. The van der Waals surface area contributed by atoms with Gasteiger partial charge in [-0.1, -0.05) is 12.1 Å². The molecule has 0 saturated heterocycles. The Kier molecular flexibility index (Phi) is 6.84. The average molecular weight is 403 g/mol. The van der Waals surface area contributed by atoms with E-state index < -0.39 is 22.5 Å². The molecule has 148 valence electrons. The Balaban J connectivity index is 2.11. The third kappa shape index (κ3) is 5.37. The number of carbonyl (C=O) groups excluding carboxylic acids is 1. The lowest BCUT2D eigenvalue weighted by Crippen LogP contribution is -2.40. The van der Waals surface area contributed by atoms with Gasteiger partial charge < -0.3 is 14.8 Å². The molecule has 9 heteroatoms. The van der Waals surface area contributed by atoms with Crippen LogP contribution < -0.4 is 19.1 Å². The van der Waals surface area contributed by atoms with Crippen LogP contribution >= 0.6 is 0 Å². The molecule has 0 saturated carbocycles. The highest BCUT2D eigenvalue weighted by Crippen LogP contribution is 2.27. The lowest BCUT2D eigenvalue weighted by Gasteiger charge is -2.22. The molecule has 0 atom stereocenters. The van der Waals surface area contributed by atoms with E-state index in [2.05, 4.69) is 5.32 Å². The topological polar surface area (TPSA) is 109 Å². The van der Waals surface area contributed by atoms with Crippen LogP contribution in [0.2, 0.25) is 0 Å². The normalized spacial score (nSPS) is 10.6. The number of carbonyl (C=O) groups is 1.